The van der Waals surface area contributed by atoms with E-state index in [-0.39, 0.29) is 15.8 Å². The highest BCUT2D eigenvalue weighted by atomic mass is 32.2. The average molecular weight is 497 g/mol. The number of sulfonamides is 1. The molecule has 186 valence electrons. The third kappa shape index (κ3) is 5.11. The Morgan fingerprint density at radius 3 is 2.43 bits per heavy atom. The SMILES string of the molecule is CCN(CCNC(=O)c1cn(CC)c2ccc(S(=O)(=O)N3CCCC3)cc2c1=O)c1ccccc1. The molecular weight excluding hydrogens is 464 g/mol. The molecule has 0 radical (unpaired) electrons. The molecule has 0 bridgehead atoms. The van der Waals surface area contributed by atoms with Crippen molar-refractivity contribution in [2.45, 2.75) is 38.1 Å². The van der Waals surface area contributed by atoms with Gasteiger partial charge in [-0.15, -0.1) is 0 Å². The number of carbonyl (C=O) groups excluding carboxylic acids is 1. The van der Waals surface area contributed by atoms with E-state index in [9.17, 15) is 18.0 Å². The van der Waals surface area contributed by atoms with Gasteiger partial charge in [0.25, 0.3) is 5.91 Å². The van der Waals surface area contributed by atoms with Crippen LogP contribution < -0.4 is 15.6 Å². The van der Waals surface area contributed by atoms with Crippen molar-refractivity contribution in [3.8, 4) is 0 Å². The normalized spacial score (nSPS) is 14.3. The predicted molar refractivity (Wildman–Crippen MR) is 139 cm³/mol. The Bertz CT molecular complexity index is 1360. The quantitative estimate of drug-likeness (QED) is 0.492. The summed E-state index contributed by atoms with van der Waals surface area (Å²) in [6, 6.07) is 14.6. The van der Waals surface area contributed by atoms with E-state index in [0.29, 0.717) is 38.2 Å². The van der Waals surface area contributed by atoms with Gasteiger partial charge in [-0.1, -0.05) is 18.2 Å². The van der Waals surface area contributed by atoms with Gasteiger partial charge in [0.2, 0.25) is 15.5 Å². The van der Waals surface area contributed by atoms with Gasteiger partial charge >= 0.3 is 0 Å². The average Bonchev–Trinajstić information content (AvgIpc) is 3.43. The molecule has 0 atom stereocenters. The van der Waals surface area contributed by atoms with Crippen molar-refractivity contribution in [3.63, 3.8) is 0 Å². The topological polar surface area (TPSA) is 91.7 Å². The number of para-hydroxylation sites is 1. The number of amides is 1. The fraction of sp³-hybridized carbons (Fsp3) is 0.385. The number of aromatic nitrogens is 1. The van der Waals surface area contributed by atoms with Crippen LogP contribution in [0.2, 0.25) is 0 Å². The number of carbonyl (C=O) groups is 1. The Labute approximate surface area is 206 Å². The minimum atomic E-state index is -3.67. The van der Waals surface area contributed by atoms with Gasteiger partial charge in [0.1, 0.15) is 5.56 Å². The van der Waals surface area contributed by atoms with Gasteiger partial charge < -0.3 is 14.8 Å². The molecule has 2 heterocycles. The van der Waals surface area contributed by atoms with Crippen LogP contribution in [0.25, 0.3) is 10.9 Å². The number of fused-ring (bicyclic) bond motifs is 1. The summed E-state index contributed by atoms with van der Waals surface area (Å²) in [5.74, 6) is -0.462. The lowest BCUT2D eigenvalue weighted by atomic mass is 10.1. The summed E-state index contributed by atoms with van der Waals surface area (Å²) in [7, 11) is -3.67. The molecule has 8 nitrogen and oxygen atoms in total. The van der Waals surface area contributed by atoms with E-state index >= 15 is 0 Å². The van der Waals surface area contributed by atoms with Crippen molar-refractivity contribution < 1.29 is 13.2 Å². The number of nitrogens with zero attached hydrogens (tertiary/aromatic N) is 3. The molecule has 1 N–H and O–H groups in total. The van der Waals surface area contributed by atoms with Gasteiger partial charge in [0, 0.05) is 56.5 Å². The molecule has 1 fully saturated rings. The summed E-state index contributed by atoms with van der Waals surface area (Å²) in [5.41, 5.74) is 1.22. The number of aryl methyl sites for hydroxylation is 1. The van der Waals surface area contributed by atoms with Gasteiger partial charge in [-0.25, -0.2) is 8.42 Å². The molecule has 1 aliphatic heterocycles. The zero-order chi connectivity index (χ0) is 25.0. The van der Waals surface area contributed by atoms with Gasteiger partial charge in [0.05, 0.1) is 10.4 Å². The molecule has 1 amide bonds. The number of anilines is 1. The minimum absolute atomic E-state index is 0.0119. The first-order valence-corrected chi connectivity index (χ1v) is 13.6. The molecule has 3 aromatic rings. The van der Waals surface area contributed by atoms with Gasteiger partial charge in [-0.3, -0.25) is 9.59 Å². The van der Waals surface area contributed by atoms with Gasteiger partial charge in [-0.05, 0) is 57.0 Å². The maximum atomic E-state index is 13.3. The lowest BCUT2D eigenvalue weighted by Gasteiger charge is -2.23. The van der Waals surface area contributed by atoms with Crippen LogP contribution in [0.1, 0.15) is 37.0 Å². The number of rotatable bonds is 9. The molecule has 1 saturated heterocycles. The van der Waals surface area contributed by atoms with Crippen molar-refractivity contribution >= 4 is 32.5 Å². The van der Waals surface area contributed by atoms with Gasteiger partial charge in [-0.2, -0.15) is 4.31 Å². The lowest BCUT2D eigenvalue weighted by molar-refractivity contribution is 0.0953. The summed E-state index contributed by atoms with van der Waals surface area (Å²) >= 11 is 0. The Balaban J connectivity index is 1.60. The molecule has 0 unspecified atom stereocenters. The first kappa shape index (κ1) is 24.9. The third-order valence-electron chi connectivity index (χ3n) is 6.51. The molecule has 1 aliphatic rings. The lowest BCUT2D eigenvalue weighted by Crippen LogP contribution is -2.37. The first-order chi connectivity index (χ1) is 16.9. The van der Waals surface area contributed by atoms with E-state index < -0.39 is 21.4 Å². The second kappa shape index (κ2) is 10.6. The zero-order valence-electron chi connectivity index (χ0n) is 20.2. The highest BCUT2D eigenvalue weighted by molar-refractivity contribution is 7.89. The fourth-order valence-electron chi connectivity index (χ4n) is 4.55. The Morgan fingerprint density at radius 1 is 1.06 bits per heavy atom. The number of pyridine rings is 1. The maximum absolute atomic E-state index is 13.3. The monoisotopic (exact) mass is 496 g/mol. The van der Waals surface area contributed by atoms with E-state index in [1.807, 2.05) is 44.2 Å². The summed E-state index contributed by atoms with van der Waals surface area (Å²) in [6.45, 7) is 7.22. The fourth-order valence-corrected chi connectivity index (χ4v) is 6.09. The van der Waals surface area contributed by atoms with Crippen molar-refractivity contribution in [2.24, 2.45) is 0 Å². The van der Waals surface area contributed by atoms with Crippen LogP contribution in [-0.4, -0.2) is 55.9 Å². The number of hydrogen-bond acceptors (Lipinski definition) is 5. The van der Waals surface area contributed by atoms with E-state index in [2.05, 4.69) is 10.2 Å². The molecular formula is C26H32N4O4S. The van der Waals surface area contributed by atoms with Crippen LogP contribution in [0, 0.1) is 0 Å². The Morgan fingerprint density at radius 2 is 1.77 bits per heavy atom. The molecule has 4 rings (SSSR count). The van der Waals surface area contributed by atoms with Crippen molar-refractivity contribution in [1.82, 2.24) is 14.2 Å². The van der Waals surface area contributed by atoms with E-state index in [1.165, 1.54) is 10.4 Å². The molecule has 0 spiro atoms. The van der Waals surface area contributed by atoms with Crippen LogP contribution in [0.15, 0.2) is 64.4 Å². The predicted octanol–water partition coefficient (Wildman–Crippen LogP) is 3.06. The second-order valence-corrected chi connectivity index (χ2v) is 10.6. The molecule has 0 aliphatic carbocycles. The second-order valence-electron chi connectivity index (χ2n) is 8.62. The number of hydrogen-bond donors (Lipinski definition) is 1. The van der Waals surface area contributed by atoms with Gasteiger partial charge in [0.15, 0.2) is 0 Å². The summed E-state index contributed by atoms with van der Waals surface area (Å²) in [4.78, 5) is 28.6. The Kier molecular flexibility index (Phi) is 7.57. The van der Waals surface area contributed by atoms with Crippen LogP contribution in [0.4, 0.5) is 5.69 Å². The largest absolute Gasteiger partial charge is 0.370 e. The minimum Gasteiger partial charge on any atom is -0.370 e. The Hall–Kier alpha value is -3.17. The highest BCUT2D eigenvalue weighted by Gasteiger charge is 2.28. The molecule has 9 heteroatoms. The van der Waals surface area contributed by atoms with E-state index in [4.69, 9.17) is 0 Å². The molecule has 35 heavy (non-hydrogen) atoms. The van der Waals surface area contributed by atoms with Crippen molar-refractivity contribution in [1.29, 1.82) is 0 Å². The molecule has 1 aromatic heterocycles. The summed E-state index contributed by atoms with van der Waals surface area (Å²) < 4.78 is 29.4. The number of nitrogens with one attached hydrogen (secondary N) is 1. The standard InChI is InChI=1S/C26H32N4O4S/c1-3-28(20-10-6-5-7-11-20)17-14-27-26(32)23-19-29(4-2)24-13-12-21(18-22(24)25(23)31)35(33,34)30-15-8-9-16-30/h5-7,10-13,18-19H,3-4,8-9,14-17H2,1-2H3,(H,27,32). The summed E-state index contributed by atoms with van der Waals surface area (Å²) in [5, 5.41) is 3.09. The number of likely N-dealkylation sites (N-methyl/N-ethyl adjacent to an activating group) is 1. The van der Waals surface area contributed by atoms with Crippen LogP contribution in [0.5, 0.6) is 0 Å². The maximum Gasteiger partial charge on any atom is 0.256 e. The van der Waals surface area contributed by atoms with Crippen molar-refractivity contribution in [3.05, 3.63) is 70.5 Å². The van der Waals surface area contributed by atoms with Crippen LogP contribution in [-0.2, 0) is 16.6 Å². The van der Waals surface area contributed by atoms with E-state index in [0.717, 1.165) is 25.1 Å². The zero-order valence-corrected chi connectivity index (χ0v) is 21.1. The summed E-state index contributed by atoms with van der Waals surface area (Å²) in [6.07, 6.45) is 3.22. The van der Waals surface area contributed by atoms with Crippen molar-refractivity contribution in [2.75, 3.05) is 37.6 Å². The first-order valence-electron chi connectivity index (χ1n) is 12.1. The molecule has 2 aromatic carbocycles. The van der Waals surface area contributed by atoms with E-state index in [1.54, 1.807) is 22.9 Å². The molecule has 0 saturated carbocycles. The third-order valence-corrected chi connectivity index (χ3v) is 8.40. The smallest absolute Gasteiger partial charge is 0.256 e. The number of benzene rings is 2. The van der Waals surface area contributed by atoms with Crippen LogP contribution in [0.3, 0.4) is 0 Å². The highest BCUT2D eigenvalue weighted by Crippen LogP contribution is 2.24. The van der Waals surface area contributed by atoms with Crippen LogP contribution >= 0.6 is 0 Å².